The Bertz CT molecular complexity index is 1000. The zero-order chi connectivity index (χ0) is 18.0. The van der Waals surface area contributed by atoms with Crippen LogP contribution in [0.25, 0.3) is 0 Å². The third-order valence-electron chi connectivity index (χ3n) is 4.81. The molecule has 2 aliphatic heterocycles. The molecule has 0 fully saturated rings. The molecule has 0 radical (unpaired) electrons. The molecule has 130 valence electrons. The van der Waals surface area contributed by atoms with Crippen LogP contribution in [0.2, 0.25) is 10.0 Å². The van der Waals surface area contributed by atoms with E-state index in [-0.39, 0.29) is 27.5 Å². The van der Waals surface area contributed by atoms with Gasteiger partial charge in [-0.05, 0) is 17.7 Å². The fourth-order valence-corrected chi connectivity index (χ4v) is 3.99. The summed E-state index contributed by atoms with van der Waals surface area (Å²) in [5.74, 6) is 0.609. The molecule has 3 aromatic carbocycles. The standard InChI is InChI=1S/C20H12Cl2O4/c21-13-5-11-17(7-15(13)23)25-20-10-4-2-1-3-9(10)19(11)12-6-14(22)16(24)8-18(12)26-20/h1-8,19-20,23-24H. The summed E-state index contributed by atoms with van der Waals surface area (Å²) in [6, 6.07) is 14.2. The molecule has 2 bridgehead atoms. The normalized spacial score (nSPS) is 19.3. The van der Waals surface area contributed by atoms with E-state index in [1.165, 1.54) is 12.1 Å². The van der Waals surface area contributed by atoms with Crippen LogP contribution in [0.4, 0.5) is 0 Å². The Morgan fingerprint density at radius 3 is 1.73 bits per heavy atom. The average Bonchev–Trinajstić information content (AvgIpc) is 2.81. The van der Waals surface area contributed by atoms with Gasteiger partial charge in [0.15, 0.2) is 0 Å². The number of phenolic OH excluding ortho intramolecular Hbond substituents is 2. The number of benzene rings is 3. The third-order valence-corrected chi connectivity index (χ3v) is 5.41. The van der Waals surface area contributed by atoms with Gasteiger partial charge in [-0.25, -0.2) is 0 Å². The van der Waals surface area contributed by atoms with Crippen molar-refractivity contribution in [1.82, 2.24) is 0 Å². The number of phenols is 2. The first-order valence-corrected chi connectivity index (χ1v) is 8.75. The van der Waals surface area contributed by atoms with Crippen LogP contribution in [0, 0.1) is 0 Å². The summed E-state index contributed by atoms with van der Waals surface area (Å²) in [5, 5.41) is 20.5. The van der Waals surface area contributed by atoms with Crippen LogP contribution in [-0.4, -0.2) is 10.2 Å². The molecule has 3 aromatic rings. The van der Waals surface area contributed by atoms with Gasteiger partial charge in [-0.3, -0.25) is 0 Å². The van der Waals surface area contributed by atoms with Crippen molar-refractivity contribution in [3.8, 4) is 23.0 Å². The molecule has 4 nitrogen and oxygen atoms in total. The molecule has 6 heteroatoms. The number of hydrogen-bond donors (Lipinski definition) is 2. The Morgan fingerprint density at radius 1 is 0.692 bits per heavy atom. The van der Waals surface area contributed by atoms with E-state index in [2.05, 4.69) is 0 Å². The zero-order valence-electron chi connectivity index (χ0n) is 13.2. The molecular weight excluding hydrogens is 375 g/mol. The van der Waals surface area contributed by atoms with Gasteiger partial charge >= 0.3 is 0 Å². The molecule has 0 atom stereocenters. The minimum Gasteiger partial charge on any atom is -0.506 e. The summed E-state index contributed by atoms with van der Waals surface area (Å²) in [4.78, 5) is 0. The predicted molar refractivity (Wildman–Crippen MR) is 97.6 cm³/mol. The van der Waals surface area contributed by atoms with Gasteiger partial charge in [-0.2, -0.15) is 0 Å². The monoisotopic (exact) mass is 386 g/mol. The Balaban J connectivity index is 1.89. The quantitative estimate of drug-likeness (QED) is 0.545. The fraction of sp³-hybridized carbons (Fsp3) is 0.100. The lowest BCUT2D eigenvalue weighted by atomic mass is 9.83. The Hall–Kier alpha value is -2.56. The molecule has 0 saturated heterocycles. The third kappa shape index (κ3) is 2.16. The summed E-state index contributed by atoms with van der Waals surface area (Å²) < 4.78 is 12.1. The van der Waals surface area contributed by atoms with Gasteiger partial charge in [0.2, 0.25) is 0 Å². The fourth-order valence-electron chi connectivity index (χ4n) is 3.64. The van der Waals surface area contributed by atoms with Gasteiger partial charge in [-0.15, -0.1) is 0 Å². The second-order valence-corrected chi connectivity index (χ2v) is 7.13. The van der Waals surface area contributed by atoms with E-state index in [1.54, 1.807) is 12.1 Å². The molecule has 5 rings (SSSR count). The summed E-state index contributed by atoms with van der Waals surface area (Å²) in [5.41, 5.74) is 3.47. The second kappa shape index (κ2) is 5.47. The number of aromatic hydroxyl groups is 2. The van der Waals surface area contributed by atoms with Crippen LogP contribution in [0.3, 0.4) is 0 Å². The lowest BCUT2D eigenvalue weighted by Gasteiger charge is -2.25. The minimum atomic E-state index is -0.725. The first kappa shape index (κ1) is 15.7. The number of fused-ring (bicyclic) bond motifs is 4. The van der Waals surface area contributed by atoms with Crippen molar-refractivity contribution >= 4 is 23.2 Å². The molecule has 0 spiro atoms. The van der Waals surface area contributed by atoms with E-state index in [4.69, 9.17) is 32.7 Å². The molecule has 2 N–H and O–H groups in total. The number of rotatable bonds is 0. The van der Waals surface area contributed by atoms with Crippen LogP contribution in [0.5, 0.6) is 23.0 Å². The molecule has 0 saturated carbocycles. The molecule has 2 aliphatic rings. The Labute approximate surface area is 159 Å². The highest BCUT2D eigenvalue weighted by atomic mass is 35.5. The van der Waals surface area contributed by atoms with E-state index in [9.17, 15) is 10.2 Å². The van der Waals surface area contributed by atoms with E-state index in [1.807, 2.05) is 24.3 Å². The summed E-state index contributed by atoms with van der Waals surface area (Å²) in [6.45, 7) is 0. The largest absolute Gasteiger partial charge is 0.506 e. The maximum absolute atomic E-state index is 10.0. The zero-order valence-corrected chi connectivity index (χ0v) is 14.8. The maximum Gasteiger partial charge on any atom is 0.267 e. The molecule has 0 amide bonds. The number of hydrogen-bond acceptors (Lipinski definition) is 4. The minimum absolute atomic E-state index is 0.0570. The van der Waals surface area contributed by atoms with E-state index in [0.717, 1.165) is 22.3 Å². The molecule has 0 aliphatic carbocycles. The van der Waals surface area contributed by atoms with Crippen molar-refractivity contribution < 1.29 is 19.7 Å². The van der Waals surface area contributed by atoms with Gasteiger partial charge in [0, 0.05) is 34.7 Å². The van der Waals surface area contributed by atoms with Crippen molar-refractivity contribution in [2.45, 2.75) is 12.2 Å². The van der Waals surface area contributed by atoms with Crippen molar-refractivity contribution in [1.29, 1.82) is 0 Å². The van der Waals surface area contributed by atoms with Gasteiger partial charge < -0.3 is 19.7 Å². The summed E-state index contributed by atoms with van der Waals surface area (Å²) in [6.07, 6.45) is -0.725. The van der Waals surface area contributed by atoms with Crippen molar-refractivity contribution in [2.75, 3.05) is 0 Å². The summed E-state index contributed by atoms with van der Waals surface area (Å²) >= 11 is 12.4. The SMILES string of the molecule is Oc1cc2c(cc1Cl)C1c3cc(Cl)c(O)cc3OC(O2)c2ccccc21. The van der Waals surface area contributed by atoms with E-state index >= 15 is 0 Å². The van der Waals surface area contributed by atoms with Crippen LogP contribution < -0.4 is 9.47 Å². The van der Waals surface area contributed by atoms with Crippen LogP contribution in [-0.2, 0) is 0 Å². The highest BCUT2D eigenvalue weighted by Gasteiger charge is 2.38. The van der Waals surface area contributed by atoms with Crippen LogP contribution in [0.15, 0.2) is 48.5 Å². The van der Waals surface area contributed by atoms with Gasteiger partial charge in [0.05, 0.1) is 10.0 Å². The molecule has 2 heterocycles. The van der Waals surface area contributed by atoms with Crippen LogP contribution >= 0.6 is 23.2 Å². The second-order valence-electron chi connectivity index (χ2n) is 6.31. The van der Waals surface area contributed by atoms with E-state index in [0.29, 0.717) is 11.5 Å². The lowest BCUT2D eigenvalue weighted by Crippen LogP contribution is -2.15. The highest BCUT2D eigenvalue weighted by molar-refractivity contribution is 6.32. The van der Waals surface area contributed by atoms with Crippen molar-refractivity contribution in [3.63, 3.8) is 0 Å². The smallest absolute Gasteiger partial charge is 0.267 e. The van der Waals surface area contributed by atoms with Gasteiger partial charge in [-0.1, -0.05) is 47.5 Å². The first-order valence-electron chi connectivity index (χ1n) is 8.00. The van der Waals surface area contributed by atoms with Crippen molar-refractivity contribution in [3.05, 3.63) is 80.8 Å². The summed E-state index contributed by atoms with van der Waals surface area (Å²) in [7, 11) is 0. The topological polar surface area (TPSA) is 58.9 Å². The molecule has 26 heavy (non-hydrogen) atoms. The highest BCUT2D eigenvalue weighted by Crippen LogP contribution is 2.53. The lowest BCUT2D eigenvalue weighted by molar-refractivity contribution is 0.00332. The Morgan fingerprint density at radius 2 is 1.19 bits per heavy atom. The molecular formula is C20H12Cl2O4. The van der Waals surface area contributed by atoms with Gasteiger partial charge in [0.25, 0.3) is 6.29 Å². The number of halogens is 2. The first-order chi connectivity index (χ1) is 12.5. The predicted octanol–water partition coefficient (Wildman–Crippen LogP) is 5.37. The van der Waals surface area contributed by atoms with Crippen molar-refractivity contribution in [2.24, 2.45) is 0 Å². The van der Waals surface area contributed by atoms with E-state index < -0.39 is 6.29 Å². The number of ether oxygens (including phenoxy) is 2. The molecule has 0 unspecified atom stereocenters. The average molecular weight is 387 g/mol. The molecule has 0 aromatic heterocycles. The maximum atomic E-state index is 10.0. The van der Waals surface area contributed by atoms with Crippen LogP contribution in [0.1, 0.15) is 34.5 Å². The van der Waals surface area contributed by atoms with Gasteiger partial charge in [0.1, 0.15) is 23.0 Å². The Kier molecular flexibility index (Phi) is 3.30.